The van der Waals surface area contributed by atoms with Gasteiger partial charge in [-0.15, -0.1) is 0 Å². The molecule has 1 aromatic heterocycles. The van der Waals surface area contributed by atoms with Crippen LogP contribution < -0.4 is 11.1 Å². The molecule has 0 amide bonds. The van der Waals surface area contributed by atoms with Gasteiger partial charge in [0.2, 0.25) is 0 Å². The maximum Gasteiger partial charge on any atom is 0.417 e. The van der Waals surface area contributed by atoms with E-state index in [-0.39, 0.29) is 18.9 Å². The molecule has 7 heteroatoms. The van der Waals surface area contributed by atoms with Gasteiger partial charge in [-0.25, -0.2) is 9.37 Å². The van der Waals surface area contributed by atoms with Crippen LogP contribution in [0.3, 0.4) is 0 Å². The number of nitrogens with one attached hydrogen (secondary N) is 1. The van der Waals surface area contributed by atoms with Crippen molar-refractivity contribution >= 4 is 5.82 Å². The van der Waals surface area contributed by atoms with Crippen molar-refractivity contribution in [3.63, 3.8) is 0 Å². The lowest BCUT2D eigenvalue weighted by Crippen LogP contribution is -2.08. The summed E-state index contributed by atoms with van der Waals surface area (Å²) in [7, 11) is 0. The molecule has 0 fully saturated rings. The Morgan fingerprint density at radius 1 is 1.14 bits per heavy atom. The highest BCUT2D eigenvalue weighted by Gasteiger charge is 2.30. The fourth-order valence-corrected chi connectivity index (χ4v) is 1.71. The molecule has 0 unspecified atom stereocenters. The van der Waals surface area contributed by atoms with Crippen molar-refractivity contribution in [2.45, 2.75) is 19.3 Å². The van der Waals surface area contributed by atoms with Crippen LogP contribution in [0, 0.1) is 5.82 Å². The number of halogens is 4. The number of nitrogens with two attached hydrogens (primary N) is 1. The standard InChI is InChI=1S/C14H13F4N3/c15-12-5-9(6-19)1-2-10(12)7-20-13-4-3-11(8-21-13)14(16,17)18/h1-5,8H,6-7,19H2,(H,20,21). The largest absolute Gasteiger partial charge is 0.417 e. The average Bonchev–Trinajstić information content (AvgIpc) is 2.45. The normalized spacial score (nSPS) is 11.5. The molecule has 0 aliphatic rings. The maximum atomic E-state index is 13.7. The number of nitrogens with zero attached hydrogens (tertiary/aromatic N) is 1. The molecule has 112 valence electrons. The van der Waals surface area contributed by atoms with Crippen molar-refractivity contribution in [1.29, 1.82) is 0 Å². The van der Waals surface area contributed by atoms with E-state index in [4.69, 9.17) is 5.73 Å². The molecule has 3 nitrogen and oxygen atoms in total. The van der Waals surface area contributed by atoms with Crippen LogP contribution >= 0.6 is 0 Å². The van der Waals surface area contributed by atoms with Crippen molar-refractivity contribution in [2.24, 2.45) is 5.73 Å². The number of pyridine rings is 1. The highest BCUT2D eigenvalue weighted by molar-refractivity contribution is 5.38. The number of rotatable bonds is 4. The SMILES string of the molecule is NCc1ccc(CNc2ccc(C(F)(F)F)cn2)c(F)c1. The van der Waals surface area contributed by atoms with E-state index in [1.54, 1.807) is 12.1 Å². The summed E-state index contributed by atoms with van der Waals surface area (Å²) in [5.74, 6) is -0.178. The van der Waals surface area contributed by atoms with Gasteiger partial charge in [-0.2, -0.15) is 13.2 Å². The summed E-state index contributed by atoms with van der Waals surface area (Å²) in [5, 5.41) is 2.77. The Hall–Kier alpha value is -2.15. The molecule has 0 atom stereocenters. The fraction of sp³-hybridized carbons (Fsp3) is 0.214. The zero-order chi connectivity index (χ0) is 15.5. The van der Waals surface area contributed by atoms with Crippen LogP contribution in [-0.4, -0.2) is 4.98 Å². The van der Waals surface area contributed by atoms with Crippen molar-refractivity contribution < 1.29 is 17.6 Å². The second kappa shape index (κ2) is 6.09. The number of benzene rings is 1. The van der Waals surface area contributed by atoms with E-state index >= 15 is 0 Å². The summed E-state index contributed by atoms with van der Waals surface area (Å²) in [5.41, 5.74) is 5.63. The van der Waals surface area contributed by atoms with Gasteiger partial charge in [0.05, 0.1) is 5.56 Å². The third-order valence-corrected chi connectivity index (χ3v) is 2.90. The quantitative estimate of drug-likeness (QED) is 0.852. The minimum atomic E-state index is -4.42. The number of hydrogen-bond acceptors (Lipinski definition) is 3. The van der Waals surface area contributed by atoms with Gasteiger partial charge < -0.3 is 11.1 Å². The summed E-state index contributed by atoms with van der Waals surface area (Å²) < 4.78 is 50.8. The van der Waals surface area contributed by atoms with E-state index in [1.165, 1.54) is 12.1 Å². The van der Waals surface area contributed by atoms with Gasteiger partial charge in [-0.1, -0.05) is 12.1 Å². The van der Waals surface area contributed by atoms with Crippen LogP contribution in [0.5, 0.6) is 0 Å². The van der Waals surface area contributed by atoms with Crippen LogP contribution in [0.25, 0.3) is 0 Å². The van der Waals surface area contributed by atoms with Gasteiger partial charge in [0.15, 0.2) is 0 Å². The van der Waals surface area contributed by atoms with Crippen LogP contribution in [-0.2, 0) is 19.3 Å². The topological polar surface area (TPSA) is 50.9 Å². The van der Waals surface area contributed by atoms with Gasteiger partial charge >= 0.3 is 6.18 Å². The van der Waals surface area contributed by atoms with Crippen molar-refractivity contribution in [1.82, 2.24) is 4.98 Å². The molecule has 0 aliphatic carbocycles. The minimum absolute atomic E-state index is 0.120. The van der Waals surface area contributed by atoms with E-state index in [9.17, 15) is 17.6 Å². The lowest BCUT2D eigenvalue weighted by Gasteiger charge is -2.09. The molecule has 0 bridgehead atoms. The summed E-state index contributed by atoms with van der Waals surface area (Å²) in [4.78, 5) is 3.65. The molecule has 1 aromatic carbocycles. The van der Waals surface area contributed by atoms with Gasteiger partial charge in [0.1, 0.15) is 11.6 Å². The summed E-state index contributed by atoms with van der Waals surface area (Å²) >= 11 is 0. The Balaban J connectivity index is 2.03. The molecule has 21 heavy (non-hydrogen) atoms. The smallest absolute Gasteiger partial charge is 0.366 e. The number of hydrogen-bond donors (Lipinski definition) is 2. The second-order valence-corrected chi connectivity index (χ2v) is 4.41. The van der Waals surface area contributed by atoms with E-state index in [1.807, 2.05) is 0 Å². The van der Waals surface area contributed by atoms with Crippen LogP contribution in [0.4, 0.5) is 23.4 Å². The molecule has 0 radical (unpaired) electrons. The number of anilines is 1. The highest BCUT2D eigenvalue weighted by Crippen LogP contribution is 2.28. The molecule has 3 N–H and O–H groups in total. The molecule has 0 spiro atoms. The summed E-state index contributed by atoms with van der Waals surface area (Å²) in [6.45, 7) is 0.361. The molecule has 0 saturated heterocycles. The van der Waals surface area contributed by atoms with E-state index in [2.05, 4.69) is 10.3 Å². The Labute approximate surface area is 118 Å². The van der Waals surface area contributed by atoms with Gasteiger partial charge in [-0.3, -0.25) is 0 Å². The minimum Gasteiger partial charge on any atom is -0.366 e. The monoisotopic (exact) mass is 299 g/mol. The van der Waals surface area contributed by atoms with Crippen LogP contribution in [0.1, 0.15) is 16.7 Å². The van der Waals surface area contributed by atoms with Crippen molar-refractivity contribution in [3.05, 3.63) is 59.0 Å². The maximum absolute atomic E-state index is 13.7. The molecule has 2 rings (SSSR count). The van der Waals surface area contributed by atoms with Gasteiger partial charge in [-0.05, 0) is 23.8 Å². The summed E-state index contributed by atoms with van der Waals surface area (Å²) in [6, 6.07) is 6.73. The van der Waals surface area contributed by atoms with E-state index in [0.29, 0.717) is 11.1 Å². The van der Waals surface area contributed by atoms with Crippen LogP contribution in [0.2, 0.25) is 0 Å². The predicted molar refractivity (Wildman–Crippen MR) is 70.9 cm³/mol. The predicted octanol–water partition coefficient (Wildman–Crippen LogP) is 3.31. The first-order valence-electron chi connectivity index (χ1n) is 6.14. The summed E-state index contributed by atoms with van der Waals surface area (Å²) in [6.07, 6.45) is -3.69. The Kier molecular flexibility index (Phi) is 4.42. The first kappa shape index (κ1) is 15.2. The van der Waals surface area contributed by atoms with E-state index < -0.39 is 17.6 Å². The molecular formula is C14H13F4N3. The molecule has 0 saturated carbocycles. The molecule has 2 aromatic rings. The number of aromatic nitrogens is 1. The lowest BCUT2D eigenvalue weighted by atomic mass is 10.1. The molecule has 0 aliphatic heterocycles. The molecule has 1 heterocycles. The first-order valence-corrected chi connectivity index (χ1v) is 6.14. The lowest BCUT2D eigenvalue weighted by molar-refractivity contribution is -0.137. The van der Waals surface area contributed by atoms with Crippen LogP contribution in [0.15, 0.2) is 36.5 Å². The highest BCUT2D eigenvalue weighted by atomic mass is 19.4. The Morgan fingerprint density at radius 2 is 1.90 bits per heavy atom. The second-order valence-electron chi connectivity index (χ2n) is 4.41. The third-order valence-electron chi connectivity index (χ3n) is 2.90. The van der Waals surface area contributed by atoms with E-state index in [0.717, 1.165) is 12.3 Å². The van der Waals surface area contributed by atoms with Gasteiger partial charge in [0.25, 0.3) is 0 Å². The Bertz CT molecular complexity index is 609. The first-order chi connectivity index (χ1) is 9.90. The average molecular weight is 299 g/mol. The third kappa shape index (κ3) is 3.91. The zero-order valence-corrected chi connectivity index (χ0v) is 10.9. The fourth-order valence-electron chi connectivity index (χ4n) is 1.71. The van der Waals surface area contributed by atoms with Gasteiger partial charge in [0, 0.05) is 24.8 Å². The van der Waals surface area contributed by atoms with Crippen molar-refractivity contribution in [3.8, 4) is 0 Å². The molecular weight excluding hydrogens is 286 g/mol. The Morgan fingerprint density at radius 3 is 2.43 bits per heavy atom. The zero-order valence-electron chi connectivity index (χ0n) is 10.9. The van der Waals surface area contributed by atoms with Crippen molar-refractivity contribution in [2.75, 3.05) is 5.32 Å². The number of alkyl halides is 3.